The Morgan fingerprint density at radius 1 is 1.25 bits per heavy atom. The maximum absolute atomic E-state index is 12.6. The molecule has 0 fully saturated rings. The van der Waals surface area contributed by atoms with Gasteiger partial charge < -0.3 is 0 Å². The molecular weight excluding hydrogens is 348 g/mol. The maximum atomic E-state index is 12.6. The van der Waals surface area contributed by atoms with Gasteiger partial charge in [0.05, 0.1) is 11.9 Å². The van der Waals surface area contributed by atoms with Crippen LogP contribution in [0.25, 0.3) is 5.69 Å². The first-order valence-electron chi connectivity index (χ1n) is 4.10. The van der Waals surface area contributed by atoms with Gasteiger partial charge in [-0.3, -0.25) is 0 Å². The van der Waals surface area contributed by atoms with Gasteiger partial charge in [-0.05, 0) is 46.9 Å². The summed E-state index contributed by atoms with van der Waals surface area (Å²) in [5.41, 5.74) is 0.614. The zero-order valence-corrected chi connectivity index (χ0v) is 10.7. The van der Waals surface area contributed by atoms with Crippen molar-refractivity contribution >= 4 is 32.8 Å². The van der Waals surface area contributed by atoms with Crippen molar-refractivity contribution in [2.45, 2.75) is 5.03 Å². The molecule has 1 aromatic heterocycles. The first-order chi connectivity index (χ1) is 7.47. The summed E-state index contributed by atoms with van der Waals surface area (Å²) in [5.74, 6) is 0. The summed E-state index contributed by atoms with van der Waals surface area (Å²) in [6.07, 6.45) is 1.03. The molecule has 0 unspecified atom stereocenters. The second kappa shape index (κ2) is 4.09. The predicted octanol–water partition coefficient (Wildman–Crippen LogP) is 1.53. The van der Waals surface area contributed by atoms with E-state index < -0.39 is 15.2 Å². The van der Waals surface area contributed by atoms with Gasteiger partial charge in [0.25, 0.3) is 0 Å². The zero-order chi connectivity index (χ0) is 11.8. The Kier molecular flexibility index (Phi) is 2.93. The summed E-state index contributed by atoms with van der Waals surface area (Å²) in [4.78, 5) is 0. The molecule has 0 aliphatic rings. The van der Waals surface area contributed by atoms with E-state index in [-0.39, 0.29) is 0 Å². The summed E-state index contributed by atoms with van der Waals surface area (Å²) in [5, 5.41) is 6.07. The van der Waals surface area contributed by atoms with E-state index >= 15 is 0 Å². The van der Waals surface area contributed by atoms with Gasteiger partial charge in [0.1, 0.15) is 0 Å². The predicted molar refractivity (Wildman–Crippen MR) is 62.4 cm³/mol. The van der Waals surface area contributed by atoms with Gasteiger partial charge in [-0.1, -0.05) is 9.10 Å². The molecule has 0 spiro atoms. The molecule has 16 heavy (non-hydrogen) atoms. The van der Waals surface area contributed by atoms with Gasteiger partial charge in [0.2, 0.25) is 5.03 Å². The van der Waals surface area contributed by atoms with E-state index in [2.05, 4.69) is 32.9 Å². The van der Waals surface area contributed by atoms with Crippen molar-refractivity contribution in [2.24, 2.45) is 0 Å². The molecule has 0 amide bonds. The molecule has 2 aromatic rings. The number of benzene rings is 1. The van der Waals surface area contributed by atoms with Crippen molar-refractivity contribution in [3.63, 3.8) is 0 Å². The van der Waals surface area contributed by atoms with Gasteiger partial charge >= 0.3 is 10.2 Å². The van der Waals surface area contributed by atoms with Gasteiger partial charge in [-0.2, -0.15) is 8.42 Å². The summed E-state index contributed by atoms with van der Waals surface area (Å²) in [7, 11) is -4.79. The standard InChI is InChI=1S/C8H5FIN3O2S/c9-16(14,15)8-5-13(12-11-8)7-3-1-6(10)2-4-7/h1-5H. The fraction of sp³-hybridized carbons (Fsp3) is 0. The molecule has 0 saturated heterocycles. The molecule has 1 heterocycles. The summed E-state index contributed by atoms with van der Waals surface area (Å²) in [6.45, 7) is 0. The Morgan fingerprint density at radius 2 is 1.88 bits per heavy atom. The smallest absolute Gasteiger partial charge is 0.219 e. The van der Waals surface area contributed by atoms with Gasteiger partial charge in [0, 0.05) is 3.57 Å². The van der Waals surface area contributed by atoms with Crippen LogP contribution < -0.4 is 0 Å². The van der Waals surface area contributed by atoms with E-state index in [0.29, 0.717) is 5.69 Å². The van der Waals surface area contributed by atoms with Crippen molar-refractivity contribution in [1.82, 2.24) is 15.0 Å². The molecule has 0 aliphatic heterocycles. The van der Waals surface area contributed by atoms with Crippen molar-refractivity contribution in [3.8, 4) is 5.69 Å². The Morgan fingerprint density at radius 3 is 2.38 bits per heavy atom. The third-order valence-corrected chi connectivity index (χ3v) is 3.22. The van der Waals surface area contributed by atoms with E-state index in [0.717, 1.165) is 9.77 Å². The van der Waals surface area contributed by atoms with Crippen molar-refractivity contribution in [3.05, 3.63) is 34.0 Å². The molecule has 0 radical (unpaired) electrons. The van der Waals surface area contributed by atoms with Crippen molar-refractivity contribution in [2.75, 3.05) is 0 Å². The normalized spacial score (nSPS) is 11.6. The number of halogens is 2. The van der Waals surface area contributed by atoms with Crippen LogP contribution >= 0.6 is 22.6 Å². The largest absolute Gasteiger partial charge is 0.353 e. The second-order valence-electron chi connectivity index (χ2n) is 2.92. The molecular formula is C8H5FIN3O2S. The molecule has 2 rings (SSSR count). The molecule has 5 nitrogen and oxygen atoms in total. The van der Waals surface area contributed by atoms with Crippen LogP contribution in [0.5, 0.6) is 0 Å². The van der Waals surface area contributed by atoms with E-state index in [1.54, 1.807) is 12.1 Å². The lowest BCUT2D eigenvalue weighted by molar-refractivity contribution is 0.547. The Hall–Kier alpha value is -1.03. The SMILES string of the molecule is O=S(=O)(F)c1cn(-c2ccc(I)cc2)nn1. The lowest BCUT2D eigenvalue weighted by Crippen LogP contribution is -1.94. The molecule has 0 N–H and O–H groups in total. The van der Waals surface area contributed by atoms with E-state index in [4.69, 9.17) is 0 Å². The quantitative estimate of drug-likeness (QED) is 0.607. The number of nitrogens with zero attached hydrogens (tertiary/aromatic N) is 3. The molecule has 0 atom stereocenters. The fourth-order valence-corrected chi connectivity index (χ4v) is 1.80. The molecule has 84 valence electrons. The van der Waals surface area contributed by atoms with Crippen LogP contribution in [0.15, 0.2) is 35.5 Å². The summed E-state index contributed by atoms with van der Waals surface area (Å²) >= 11 is 2.13. The van der Waals surface area contributed by atoms with Crippen LogP contribution in [-0.4, -0.2) is 23.4 Å². The van der Waals surface area contributed by atoms with Gasteiger partial charge in [-0.25, -0.2) is 4.68 Å². The minimum Gasteiger partial charge on any atom is -0.219 e. The van der Waals surface area contributed by atoms with E-state index in [9.17, 15) is 12.3 Å². The van der Waals surface area contributed by atoms with Crippen LogP contribution in [0.2, 0.25) is 0 Å². The number of rotatable bonds is 2. The number of hydrogen-bond acceptors (Lipinski definition) is 4. The molecule has 0 aliphatic carbocycles. The summed E-state index contributed by atoms with van der Waals surface area (Å²) in [6, 6.07) is 7.10. The van der Waals surface area contributed by atoms with Crippen LogP contribution in [-0.2, 0) is 10.2 Å². The minimum atomic E-state index is -4.79. The Bertz CT molecular complexity index is 608. The molecule has 1 aromatic carbocycles. The molecule has 0 saturated carbocycles. The average Bonchev–Trinajstić information content (AvgIpc) is 2.67. The zero-order valence-electron chi connectivity index (χ0n) is 7.71. The minimum absolute atomic E-state index is 0.614. The Labute approximate surface area is 105 Å². The van der Waals surface area contributed by atoms with Crippen LogP contribution in [0.3, 0.4) is 0 Å². The topological polar surface area (TPSA) is 64.8 Å². The van der Waals surface area contributed by atoms with Gasteiger partial charge in [-0.15, -0.1) is 5.10 Å². The maximum Gasteiger partial charge on any atom is 0.353 e. The van der Waals surface area contributed by atoms with Crippen molar-refractivity contribution in [1.29, 1.82) is 0 Å². The third-order valence-electron chi connectivity index (χ3n) is 1.81. The van der Waals surface area contributed by atoms with Crippen LogP contribution in [0, 0.1) is 3.57 Å². The fourth-order valence-electron chi connectivity index (χ4n) is 1.08. The van der Waals surface area contributed by atoms with E-state index in [1.807, 2.05) is 12.1 Å². The van der Waals surface area contributed by atoms with Crippen LogP contribution in [0.1, 0.15) is 0 Å². The molecule has 0 bridgehead atoms. The van der Waals surface area contributed by atoms with Gasteiger partial charge in [0.15, 0.2) is 0 Å². The highest BCUT2D eigenvalue weighted by molar-refractivity contribution is 14.1. The Balaban J connectivity index is 2.43. The average molecular weight is 353 g/mol. The summed E-state index contributed by atoms with van der Waals surface area (Å²) < 4.78 is 35.9. The first-order valence-corrected chi connectivity index (χ1v) is 6.56. The number of hydrogen-bond donors (Lipinski definition) is 0. The third kappa shape index (κ3) is 2.38. The van der Waals surface area contributed by atoms with E-state index in [1.165, 1.54) is 4.68 Å². The lowest BCUT2D eigenvalue weighted by atomic mass is 10.3. The second-order valence-corrected chi connectivity index (χ2v) is 5.46. The highest BCUT2D eigenvalue weighted by Crippen LogP contribution is 2.13. The lowest BCUT2D eigenvalue weighted by Gasteiger charge is -1.98. The van der Waals surface area contributed by atoms with Crippen LogP contribution in [0.4, 0.5) is 3.89 Å². The highest BCUT2D eigenvalue weighted by Gasteiger charge is 2.17. The first kappa shape index (κ1) is 11.5. The monoisotopic (exact) mass is 353 g/mol. The van der Waals surface area contributed by atoms with Crippen molar-refractivity contribution < 1.29 is 12.3 Å². The highest BCUT2D eigenvalue weighted by atomic mass is 127. The molecule has 8 heteroatoms. The number of aromatic nitrogens is 3.